The van der Waals surface area contributed by atoms with Gasteiger partial charge in [0.1, 0.15) is 5.75 Å². The third-order valence-electron chi connectivity index (χ3n) is 4.20. The first-order valence-electron chi connectivity index (χ1n) is 7.64. The van der Waals surface area contributed by atoms with Crippen LogP contribution < -0.4 is 10.1 Å². The molecule has 1 aromatic carbocycles. The molecular formula is C16H22F2N2O3. The van der Waals surface area contributed by atoms with Crippen LogP contribution in [-0.4, -0.2) is 42.3 Å². The highest BCUT2D eigenvalue weighted by Gasteiger charge is 2.25. The van der Waals surface area contributed by atoms with Crippen LogP contribution in [-0.2, 0) is 6.42 Å². The molecule has 5 nitrogen and oxygen atoms in total. The Kier molecular flexibility index (Phi) is 5.76. The highest BCUT2D eigenvalue weighted by Crippen LogP contribution is 2.32. The number of nitrogens with one attached hydrogen (secondary N) is 1. The van der Waals surface area contributed by atoms with E-state index in [1.54, 1.807) is 26.1 Å². The fraction of sp³-hybridized carbons (Fsp3) is 0.562. The summed E-state index contributed by atoms with van der Waals surface area (Å²) in [5.74, 6) is 0.136. The Balaban J connectivity index is 2.11. The Morgan fingerprint density at radius 3 is 2.91 bits per heavy atom. The first-order chi connectivity index (χ1) is 10.9. The number of carbonyl (C=O) groups is 1. The van der Waals surface area contributed by atoms with Crippen molar-refractivity contribution in [1.29, 1.82) is 0 Å². The number of hydrogen-bond donors (Lipinski definition) is 2. The molecule has 2 unspecified atom stereocenters. The van der Waals surface area contributed by atoms with Gasteiger partial charge in [-0.15, -0.1) is 0 Å². The standard InChI is InChI=1S/C16H22F2N2O3/c1-10(9-21)20(2)16(22)19-14-5-3-4-11-8-12(23-15(17)18)6-7-13(11)14/h6-8,10,14-15,21H,3-5,9H2,1-2H3,(H,19,22). The van der Waals surface area contributed by atoms with Gasteiger partial charge in [0.25, 0.3) is 0 Å². The van der Waals surface area contributed by atoms with Crippen LogP contribution in [0.3, 0.4) is 0 Å². The monoisotopic (exact) mass is 328 g/mol. The fourth-order valence-corrected chi connectivity index (χ4v) is 2.69. The van der Waals surface area contributed by atoms with E-state index >= 15 is 0 Å². The highest BCUT2D eigenvalue weighted by molar-refractivity contribution is 5.75. The molecule has 0 saturated heterocycles. The quantitative estimate of drug-likeness (QED) is 0.873. The number of benzene rings is 1. The normalized spacial score (nSPS) is 18.3. The molecule has 0 heterocycles. The second-order valence-electron chi connectivity index (χ2n) is 5.78. The Morgan fingerprint density at radius 2 is 2.26 bits per heavy atom. The summed E-state index contributed by atoms with van der Waals surface area (Å²) in [5, 5.41) is 12.1. The Morgan fingerprint density at radius 1 is 1.52 bits per heavy atom. The minimum absolute atomic E-state index is 0.112. The SMILES string of the molecule is CC(CO)N(C)C(=O)NC1CCCc2cc(OC(F)F)ccc21. The van der Waals surface area contributed by atoms with Gasteiger partial charge in [0.2, 0.25) is 0 Å². The van der Waals surface area contributed by atoms with E-state index in [1.165, 1.54) is 11.0 Å². The van der Waals surface area contributed by atoms with E-state index in [0.717, 1.165) is 30.4 Å². The van der Waals surface area contributed by atoms with Crippen molar-refractivity contribution in [2.24, 2.45) is 0 Å². The van der Waals surface area contributed by atoms with Crippen molar-refractivity contribution in [1.82, 2.24) is 10.2 Å². The average molecular weight is 328 g/mol. The molecule has 0 aliphatic heterocycles. The Labute approximate surface area is 134 Å². The summed E-state index contributed by atoms with van der Waals surface area (Å²) in [5.41, 5.74) is 1.84. The van der Waals surface area contributed by atoms with Crippen LogP contribution in [0.25, 0.3) is 0 Å². The molecule has 7 heteroatoms. The van der Waals surface area contributed by atoms with E-state index in [1.807, 2.05) is 0 Å². The van der Waals surface area contributed by atoms with Crippen molar-refractivity contribution in [2.75, 3.05) is 13.7 Å². The molecule has 0 aromatic heterocycles. The van der Waals surface area contributed by atoms with Crippen molar-refractivity contribution in [3.05, 3.63) is 29.3 Å². The van der Waals surface area contributed by atoms with Crippen LogP contribution in [0.5, 0.6) is 5.75 Å². The zero-order chi connectivity index (χ0) is 17.0. The Hall–Kier alpha value is -1.89. The first-order valence-corrected chi connectivity index (χ1v) is 7.64. The largest absolute Gasteiger partial charge is 0.435 e. The summed E-state index contributed by atoms with van der Waals surface area (Å²) in [4.78, 5) is 13.7. The van der Waals surface area contributed by atoms with E-state index in [-0.39, 0.29) is 30.5 Å². The van der Waals surface area contributed by atoms with E-state index < -0.39 is 6.61 Å². The van der Waals surface area contributed by atoms with Gasteiger partial charge < -0.3 is 20.1 Å². The van der Waals surface area contributed by atoms with Crippen molar-refractivity contribution in [3.8, 4) is 5.75 Å². The minimum atomic E-state index is -2.85. The third kappa shape index (κ3) is 4.31. The third-order valence-corrected chi connectivity index (χ3v) is 4.20. The molecule has 2 amide bonds. The summed E-state index contributed by atoms with van der Waals surface area (Å²) < 4.78 is 29.0. The maximum Gasteiger partial charge on any atom is 0.387 e. The number of halogens is 2. The molecule has 0 saturated carbocycles. The zero-order valence-electron chi connectivity index (χ0n) is 13.3. The molecular weight excluding hydrogens is 306 g/mol. The summed E-state index contributed by atoms with van der Waals surface area (Å²) in [6, 6.07) is 4.12. The predicted octanol–water partition coefficient (Wildman–Crippen LogP) is 2.69. The number of aliphatic hydroxyl groups excluding tert-OH is 1. The number of urea groups is 1. The summed E-state index contributed by atoms with van der Waals surface area (Å²) >= 11 is 0. The number of hydrogen-bond acceptors (Lipinski definition) is 3. The van der Waals surface area contributed by atoms with Gasteiger partial charge in [0.05, 0.1) is 18.7 Å². The van der Waals surface area contributed by atoms with Gasteiger partial charge in [-0.2, -0.15) is 8.78 Å². The maximum absolute atomic E-state index is 12.3. The maximum atomic E-state index is 12.3. The van der Waals surface area contributed by atoms with Crippen molar-refractivity contribution >= 4 is 6.03 Å². The minimum Gasteiger partial charge on any atom is -0.435 e. The van der Waals surface area contributed by atoms with Crippen LogP contribution in [0.2, 0.25) is 0 Å². The van der Waals surface area contributed by atoms with E-state index in [9.17, 15) is 13.6 Å². The van der Waals surface area contributed by atoms with E-state index in [0.29, 0.717) is 0 Å². The second kappa shape index (κ2) is 7.59. The van der Waals surface area contributed by atoms with Crippen LogP contribution in [0.15, 0.2) is 18.2 Å². The van der Waals surface area contributed by atoms with Gasteiger partial charge >= 0.3 is 12.6 Å². The number of aliphatic hydroxyl groups is 1. The lowest BCUT2D eigenvalue weighted by atomic mass is 9.87. The smallest absolute Gasteiger partial charge is 0.387 e. The molecule has 0 fully saturated rings. The molecule has 1 aliphatic carbocycles. The number of nitrogens with zero attached hydrogens (tertiary/aromatic N) is 1. The molecule has 0 radical (unpaired) electrons. The molecule has 1 aliphatic rings. The van der Waals surface area contributed by atoms with E-state index in [2.05, 4.69) is 10.1 Å². The van der Waals surface area contributed by atoms with Crippen molar-refractivity contribution < 1.29 is 23.4 Å². The van der Waals surface area contributed by atoms with Gasteiger partial charge in [0.15, 0.2) is 0 Å². The van der Waals surface area contributed by atoms with Crippen LogP contribution in [0, 0.1) is 0 Å². The number of likely N-dealkylation sites (N-methyl/N-ethyl adjacent to an activating group) is 1. The summed E-state index contributed by atoms with van der Waals surface area (Å²) in [7, 11) is 1.62. The van der Waals surface area contributed by atoms with Gasteiger partial charge in [-0.25, -0.2) is 4.79 Å². The van der Waals surface area contributed by atoms with E-state index in [4.69, 9.17) is 5.11 Å². The number of aryl methyl sites for hydroxylation is 1. The second-order valence-corrected chi connectivity index (χ2v) is 5.78. The molecule has 2 N–H and O–H groups in total. The number of ether oxygens (including phenoxy) is 1. The molecule has 1 aromatic rings. The lowest BCUT2D eigenvalue weighted by Crippen LogP contribution is -2.45. The molecule has 0 spiro atoms. The van der Waals surface area contributed by atoms with Crippen LogP contribution >= 0.6 is 0 Å². The topological polar surface area (TPSA) is 61.8 Å². The lowest BCUT2D eigenvalue weighted by molar-refractivity contribution is -0.0499. The van der Waals surface area contributed by atoms with Crippen LogP contribution in [0.4, 0.5) is 13.6 Å². The molecule has 0 bridgehead atoms. The average Bonchev–Trinajstić information content (AvgIpc) is 2.52. The number of amides is 2. The van der Waals surface area contributed by atoms with Gasteiger partial charge in [-0.05, 0) is 49.4 Å². The predicted molar refractivity (Wildman–Crippen MR) is 81.6 cm³/mol. The lowest BCUT2D eigenvalue weighted by Gasteiger charge is -2.30. The van der Waals surface area contributed by atoms with Gasteiger partial charge in [0, 0.05) is 7.05 Å². The van der Waals surface area contributed by atoms with Crippen LogP contribution in [0.1, 0.15) is 36.9 Å². The molecule has 2 atom stereocenters. The summed E-state index contributed by atoms with van der Waals surface area (Å²) in [6.45, 7) is -1.21. The van der Waals surface area contributed by atoms with Crippen molar-refractivity contribution in [2.45, 2.75) is 44.9 Å². The molecule has 2 rings (SSSR count). The molecule has 23 heavy (non-hydrogen) atoms. The van der Waals surface area contributed by atoms with Crippen molar-refractivity contribution in [3.63, 3.8) is 0 Å². The fourth-order valence-electron chi connectivity index (χ4n) is 2.69. The van der Waals surface area contributed by atoms with Gasteiger partial charge in [-0.3, -0.25) is 0 Å². The number of fused-ring (bicyclic) bond motifs is 1. The Bertz CT molecular complexity index is 554. The highest BCUT2D eigenvalue weighted by atomic mass is 19.3. The number of alkyl halides is 2. The number of carbonyl (C=O) groups excluding carboxylic acids is 1. The van der Waals surface area contributed by atoms with Gasteiger partial charge in [-0.1, -0.05) is 6.07 Å². The number of rotatable bonds is 5. The summed E-state index contributed by atoms with van der Waals surface area (Å²) in [6.07, 6.45) is 2.41. The molecule has 128 valence electrons. The zero-order valence-corrected chi connectivity index (χ0v) is 13.3. The first kappa shape index (κ1) is 17.5.